The van der Waals surface area contributed by atoms with Crippen molar-refractivity contribution in [1.82, 2.24) is 5.32 Å². The third-order valence-corrected chi connectivity index (χ3v) is 1.20. The molecule has 1 atom stereocenters. The van der Waals surface area contributed by atoms with Crippen LogP contribution >= 0.6 is 0 Å². The molecule has 1 unspecified atom stereocenters. The SMILES string of the molecule is C=C/C=C\C(C)C(=O)NC. The van der Waals surface area contributed by atoms with E-state index in [2.05, 4.69) is 11.9 Å². The van der Waals surface area contributed by atoms with Gasteiger partial charge in [0.15, 0.2) is 0 Å². The van der Waals surface area contributed by atoms with Gasteiger partial charge in [-0.1, -0.05) is 31.7 Å². The van der Waals surface area contributed by atoms with Crippen LogP contribution in [-0.2, 0) is 4.79 Å². The van der Waals surface area contributed by atoms with Crippen molar-refractivity contribution in [3.05, 3.63) is 24.8 Å². The van der Waals surface area contributed by atoms with Gasteiger partial charge in [0.05, 0.1) is 5.92 Å². The lowest BCUT2D eigenvalue weighted by atomic mass is 10.1. The van der Waals surface area contributed by atoms with Crippen molar-refractivity contribution in [1.29, 1.82) is 0 Å². The van der Waals surface area contributed by atoms with Crippen LogP contribution in [0.25, 0.3) is 0 Å². The van der Waals surface area contributed by atoms with Crippen molar-refractivity contribution in [3.63, 3.8) is 0 Å². The highest BCUT2D eigenvalue weighted by Crippen LogP contribution is 1.95. The first kappa shape index (κ1) is 8.95. The lowest BCUT2D eigenvalue weighted by molar-refractivity contribution is -0.122. The number of carbonyl (C=O) groups excluding carboxylic acids is 1. The van der Waals surface area contributed by atoms with Crippen molar-refractivity contribution < 1.29 is 4.79 Å². The third kappa shape index (κ3) is 3.07. The molecule has 0 aliphatic heterocycles. The molecular weight excluding hydrogens is 126 g/mol. The van der Waals surface area contributed by atoms with Gasteiger partial charge in [-0.05, 0) is 0 Å². The van der Waals surface area contributed by atoms with Gasteiger partial charge >= 0.3 is 0 Å². The number of allylic oxidation sites excluding steroid dienone is 2. The zero-order valence-corrected chi connectivity index (χ0v) is 6.42. The topological polar surface area (TPSA) is 29.1 Å². The van der Waals surface area contributed by atoms with Gasteiger partial charge in [-0.15, -0.1) is 0 Å². The summed E-state index contributed by atoms with van der Waals surface area (Å²) < 4.78 is 0. The van der Waals surface area contributed by atoms with Gasteiger partial charge in [0.2, 0.25) is 5.91 Å². The standard InChI is InChI=1S/C8H13NO/c1-4-5-6-7(2)8(10)9-3/h4-7H,1H2,2-3H3,(H,9,10)/b6-5-. The number of carbonyl (C=O) groups is 1. The average molecular weight is 139 g/mol. The Balaban J connectivity index is 3.83. The van der Waals surface area contributed by atoms with Gasteiger partial charge in [0, 0.05) is 7.05 Å². The summed E-state index contributed by atoms with van der Waals surface area (Å²) in [6, 6.07) is 0. The van der Waals surface area contributed by atoms with E-state index in [1.54, 1.807) is 25.3 Å². The third-order valence-electron chi connectivity index (χ3n) is 1.20. The van der Waals surface area contributed by atoms with Gasteiger partial charge in [-0.2, -0.15) is 0 Å². The van der Waals surface area contributed by atoms with E-state index in [1.165, 1.54) is 0 Å². The Morgan fingerprint density at radius 3 is 2.70 bits per heavy atom. The maximum absolute atomic E-state index is 10.8. The Bertz CT molecular complexity index is 149. The predicted molar refractivity (Wildman–Crippen MR) is 42.6 cm³/mol. The first-order valence-electron chi connectivity index (χ1n) is 3.23. The molecule has 0 saturated heterocycles. The van der Waals surface area contributed by atoms with Crippen molar-refractivity contribution in [3.8, 4) is 0 Å². The van der Waals surface area contributed by atoms with Crippen molar-refractivity contribution >= 4 is 5.91 Å². The summed E-state index contributed by atoms with van der Waals surface area (Å²) in [7, 11) is 1.63. The molecule has 0 fully saturated rings. The van der Waals surface area contributed by atoms with Crippen LogP contribution in [0.3, 0.4) is 0 Å². The van der Waals surface area contributed by atoms with E-state index in [0.717, 1.165) is 0 Å². The summed E-state index contributed by atoms with van der Waals surface area (Å²) in [5.74, 6) is -0.0406. The molecule has 0 aromatic heterocycles. The van der Waals surface area contributed by atoms with Crippen LogP contribution in [0.1, 0.15) is 6.92 Å². The van der Waals surface area contributed by atoms with Crippen LogP contribution in [0.15, 0.2) is 24.8 Å². The highest BCUT2D eigenvalue weighted by molar-refractivity contribution is 5.79. The maximum Gasteiger partial charge on any atom is 0.226 e. The molecular formula is C8H13NO. The average Bonchev–Trinajstić information content (AvgIpc) is 1.98. The summed E-state index contributed by atoms with van der Waals surface area (Å²) >= 11 is 0. The number of hydrogen-bond acceptors (Lipinski definition) is 1. The van der Waals surface area contributed by atoms with E-state index in [9.17, 15) is 4.79 Å². The van der Waals surface area contributed by atoms with Crippen LogP contribution in [0.5, 0.6) is 0 Å². The Hall–Kier alpha value is -1.05. The highest BCUT2D eigenvalue weighted by Gasteiger charge is 2.04. The Labute approximate surface area is 61.6 Å². The van der Waals surface area contributed by atoms with Gasteiger partial charge in [-0.25, -0.2) is 0 Å². The van der Waals surface area contributed by atoms with Crippen LogP contribution in [0, 0.1) is 5.92 Å². The Morgan fingerprint density at radius 2 is 2.30 bits per heavy atom. The fraction of sp³-hybridized carbons (Fsp3) is 0.375. The van der Waals surface area contributed by atoms with E-state index in [4.69, 9.17) is 0 Å². The predicted octanol–water partition coefficient (Wildman–Crippen LogP) is 1.11. The molecule has 0 rings (SSSR count). The van der Waals surface area contributed by atoms with E-state index in [1.807, 2.05) is 6.92 Å². The van der Waals surface area contributed by atoms with Crippen LogP contribution < -0.4 is 5.32 Å². The van der Waals surface area contributed by atoms with Crippen LogP contribution in [0.2, 0.25) is 0 Å². The van der Waals surface area contributed by atoms with Crippen molar-refractivity contribution in [2.75, 3.05) is 7.05 Å². The summed E-state index contributed by atoms with van der Waals surface area (Å²) in [5, 5.41) is 2.55. The number of hydrogen-bond donors (Lipinski definition) is 1. The second kappa shape index (κ2) is 4.79. The van der Waals surface area contributed by atoms with Gasteiger partial charge < -0.3 is 5.32 Å². The zero-order valence-electron chi connectivity index (χ0n) is 6.42. The fourth-order valence-electron chi connectivity index (χ4n) is 0.560. The summed E-state index contributed by atoms with van der Waals surface area (Å²) in [5.41, 5.74) is 0. The first-order chi connectivity index (χ1) is 4.72. The summed E-state index contributed by atoms with van der Waals surface area (Å²) in [6.45, 7) is 5.33. The zero-order chi connectivity index (χ0) is 7.98. The minimum absolute atomic E-state index is 0.0260. The van der Waals surface area contributed by atoms with Crippen molar-refractivity contribution in [2.24, 2.45) is 5.92 Å². The number of nitrogens with one attached hydrogen (secondary N) is 1. The molecule has 2 nitrogen and oxygen atoms in total. The summed E-state index contributed by atoms with van der Waals surface area (Å²) in [4.78, 5) is 10.8. The molecule has 0 aliphatic carbocycles. The molecule has 0 radical (unpaired) electrons. The largest absolute Gasteiger partial charge is 0.359 e. The van der Waals surface area contributed by atoms with Gasteiger partial charge in [0.25, 0.3) is 0 Å². The minimum Gasteiger partial charge on any atom is -0.359 e. The molecule has 0 spiro atoms. The molecule has 10 heavy (non-hydrogen) atoms. The summed E-state index contributed by atoms with van der Waals surface area (Å²) in [6.07, 6.45) is 5.21. The minimum atomic E-state index is -0.0667. The molecule has 1 amide bonds. The molecule has 0 aromatic rings. The number of rotatable bonds is 3. The molecule has 2 heteroatoms. The van der Waals surface area contributed by atoms with Crippen LogP contribution in [0.4, 0.5) is 0 Å². The van der Waals surface area contributed by atoms with E-state index in [-0.39, 0.29) is 11.8 Å². The smallest absolute Gasteiger partial charge is 0.226 e. The lowest BCUT2D eigenvalue weighted by Crippen LogP contribution is -2.23. The Kier molecular flexibility index (Phi) is 4.29. The van der Waals surface area contributed by atoms with E-state index in [0.29, 0.717) is 0 Å². The lowest BCUT2D eigenvalue weighted by Gasteiger charge is -2.01. The molecule has 0 aromatic carbocycles. The molecule has 0 bridgehead atoms. The molecule has 0 aliphatic rings. The number of amides is 1. The normalized spacial score (nSPS) is 13.0. The molecule has 0 heterocycles. The molecule has 56 valence electrons. The monoisotopic (exact) mass is 139 g/mol. The second-order valence-corrected chi connectivity index (χ2v) is 2.02. The van der Waals surface area contributed by atoms with Gasteiger partial charge in [-0.3, -0.25) is 4.79 Å². The molecule has 1 N–H and O–H groups in total. The van der Waals surface area contributed by atoms with Gasteiger partial charge in [0.1, 0.15) is 0 Å². The van der Waals surface area contributed by atoms with E-state index < -0.39 is 0 Å². The second-order valence-electron chi connectivity index (χ2n) is 2.02. The first-order valence-corrected chi connectivity index (χ1v) is 3.23. The quantitative estimate of drug-likeness (QED) is 0.583. The molecule has 0 saturated carbocycles. The fourth-order valence-corrected chi connectivity index (χ4v) is 0.560. The maximum atomic E-state index is 10.8. The highest BCUT2D eigenvalue weighted by atomic mass is 16.1. The van der Waals surface area contributed by atoms with Crippen molar-refractivity contribution in [2.45, 2.75) is 6.92 Å². The Morgan fingerprint density at radius 1 is 1.70 bits per heavy atom. The van der Waals surface area contributed by atoms with Crippen LogP contribution in [-0.4, -0.2) is 13.0 Å². The van der Waals surface area contributed by atoms with E-state index >= 15 is 0 Å².